The second kappa shape index (κ2) is 6.20. The quantitative estimate of drug-likeness (QED) is 0.568. The van der Waals surface area contributed by atoms with Gasteiger partial charge in [0.25, 0.3) is 0 Å². The van der Waals surface area contributed by atoms with E-state index in [0.717, 1.165) is 22.3 Å². The topological polar surface area (TPSA) is 63.8 Å². The maximum Gasteiger partial charge on any atom is 0.132 e. The van der Waals surface area contributed by atoms with Crippen molar-refractivity contribution in [2.75, 3.05) is 11.1 Å². The molecule has 4 nitrogen and oxygen atoms in total. The first-order valence-corrected chi connectivity index (χ1v) is 7.83. The average Bonchev–Trinajstić information content (AvgIpc) is 2.64. The molecule has 122 valence electrons. The van der Waals surface area contributed by atoms with Gasteiger partial charge in [-0.2, -0.15) is 0 Å². The summed E-state index contributed by atoms with van der Waals surface area (Å²) < 4.78 is 14.2. The summed E-state index contributed by atoms with van der Waals surface area (Å²) >= 11 is 0. The van der Waals surface area contributed by atoms with Gasteiger partial charge in [0.1, 0.15) is 5.82 Å². The number of hydrogen-bond acceptors (Lipinski definition) is 4. The summed E-state index contributed by atoms with van der Waals surface area (Å²) in [5, 5.41) is 4.25. The Hall–Kier alpha value is -3.47. The third-order valence-electron chi connectivity index (χ3n) is 3.99. The van der Waals surface area contributed by atoms with E-state index in [1.165, 1.54) is 6.07 Å². The van der Waals surface area contributed by atoms with Crippen molar-refractivity contribution in [1.29, 1.82) is 0 Å². The van der Waals surface area contributed by atoms with E-state index in [2.05, 4.69) is 15.3 Å². The summed E-state index contributed by atoms with van der Waals surface area (Å²) in [6.07, 6.45) is 3.25. The molecule has 25 heavy (non-hydrogen) atoms. The van der Waals surface area contributed by atoms with E-state index < -0.39 is 0 Å². The zero-order valence-corrected chi connectivity index (χ0v) is 13.3. The Morgan fingerprint density at radius 2 is 1.72 bits per heavy atom. The van der Waals surface area contributed by atoms with Crippen LogP contribution in [0.15, 0.2) is 73.1 Å². The molecule has 0 fully saturated rings. The number of nitrogens with one attached hydrogen (secondary N) is 1. The molecular formula is C20H15FN4. The number of benzene rings is 2. The first-order chi connectivity index (χ1) is 12.2. The third-order valence-corrected chi connectivity index (χ3v) is 3.99. The molecule has 2 aromatic heterocycles. The Morgan fingerprint density at radius 3 is 2.56 bits per heavy atom. The number of hydrogen-bond donors (Lipinski definition) is 2. The summed E-state index contributed by atoms with van der Waals surface area (Å²) in [4.78, 5) is 8.61. The van der Waals surface area contributed by atoms with Crippen LogP contribution in [0.2, 0.25) is 0 Å². The number of aromatic nitrogens is 2. The average molecular weight is 330 g/mol. The SMILES string of the molecule is Nc1cnccc1Nc1cc(-c2ccccc2F)nc2ccccc12. The highest BCUT2D eigenvalue weighted by atomic mass is 19.1. The molecule has 4 rings (SSSR count). The van der Waals surface area contributed by atoms with Gasteiger partial charge in [-0.25, -0.2) is 9.37 Å². The van der Waals surface area contributed by atoms with E-state index in [4.69, 9.17) is 5.73 Å². The van der Waals surface area contributed by atoms with Crippen molar-refractivity contribution in [3.63, 3.8) is 0 Å². The van der Waals surface area contributed by atoms with Gasteiger partial charge in [-0.05, 0) is 30.3 Å². The van der Waals surface area contributed by atoms with Crippen LogP contribution in [0.4, 0.5) is 21.5 Å². The van der Waals surface area contributed by atoms with Gasteiger partial charge in [0.15, 0.2) is 0 Å². The molecule has 0 aliphatic carbocycles. The Kier molecular flexibility index (Phi) is 3.74. The zero-order chi connectivity index (χ0) is 17.2. The summed E-state index contributed by atoms with van der Waals surface area (Å²) in [5.41, 5.74) is 9.87. The lowest BCUT2D eigenvalue weighted by Crippen LogP contribution is -1.99. The zero-order valence-electron chi connectivity index (χ0n) is 13.3. The molecular weight excluding hydrogens is 315 g/mol. The van der Waals surface area contributed by atoms with Crippen molar-refractivity contribution in [2.45, 2.75) is 0 Å². The van der Waals surface area contributed by atoms with Crippen molar-refractivity contribution < 1.29 is 4.39 Å². The van der Waals surface area contributed by atoms with E-state index in [-0.39, 0.29) is 5.82 Å². The summed E-state index contributed by atoms with van der Waals surface area (Å²) in [7, 11) is 0. The molecule has 5 heteroatoms. The summed E-state index contributed by atoms with van der Waals surface area (Å²) in [5.74, 6) is -0.306. The largest absolute Gasteiger partial charge is 0.396 e. The summed E-state index contributed by atoms with van der Waals surface area (Å²) in [6.45, 7) is 0. The predicted octanol–water partition coefficient (Wildman–Crippen LogP) is 4.76. The minimum absolute atomic E-state index is 0.306. The van der Waals surface area contributed by atoms with Gasteiger partial charge in [-0.3, -0.25) is 4.98 Å². The lowest BCUT2D eigenvalue weighted by atomic mass is 10.1. The fraction of sp³-hybridized carbons (Fsp3) is 0. The van der Waals surface area contributed by atoms with Crippen molar-refractivity contribution in [3.8, 4) is 11.3 Å². The van der Waals surface area contributed by atoms with Crippen LogP contribution in [0.1, 0.15) is 0 Å². The van der Waals surface area contributed by atoms with Gasteiger partial charge in [0.2, 0.25) is 0 Å². The highest BCUT2D eigenvalue weighted by Crippen LogP contribution is 2.32. The Balaban J connectivity index is 1.91. The van der Waals surface area contributed by atoms with Crippen LogP contribution >= 0.6 is 0 Å². The van der Waals surface area contributed by atoms with Gasteiger partial charge in [-0.1, -0.05) is 30.3 Å². The monoisotopic (exact) mass is 330 g/mol. The number of nitrogens with two attached hydrogens (primary N) is 1. The number of nitrogens with zero attached hydrogens (tertiary/aromatic N) is 2. The molecule has 0 aliphatic heterocycles. The van der Waals surface area contributed by atoms with E-state index in [0.29, 0.717) is 16.9 Å². The number of pyridine rings is 2. The van der Waals surface area contributed by atoms with Gasteiger partial charge < -0.3 is 11.1 Å². The Labute approximate surface area is 144 Å². The first-order valence-electron chi connectivity index (χ1n) is 7.83. The van der Waals surface area contributed by atoms with Crippen molar-refractivity contribution in [1.82, 2.24) is 9.97 Å². The van der Waals surface area contributed by atoms with Crippen LogP contribution in [0, 0.1) is 5.82 Å². The maximum atomic E-state index is 14.2. The molecule has 0 radical (unpaired) electrons. The summed E-state index contributed by atoms with van der Waals surface area (Å²) in [6, 6.07) is 18.0. The van der Waals surface area contributed by atoms with E-state index in [9.17, 15) is 4.39 Å². The van der Waals surface area contributed by atoms with Crippen molar-refractivity contribution in [2.24, 2.45) is 0 Å². The lowest BCUT2D eigenvalue weighted by molar-refractivity contribution is 0.631. The Bertz CT molecular complexity index is 1060. The minimum atomic E-state index is -0.306. The van der Waals surface area contributed by atoms with Gasteiger partial charge >= 0.3 is 0 Å². The number of halogens is 1. The molecule has 2 aromatic carbocycles. The van der Waals surface area contributed by atoms with Crippen LogP contribution in [-0.4, -0.2) is 9.97 Å². The second-order valence-electron chi connectivity index (χ2n) is 5.64. The maximum absolute atomic E-state index is 14.2. The Morgan fingerprint density at radius 1 is 0.920 bits per heavy atom. The molecule has 0 unspecified atom stereocenters. The lowest BCUT2D eigenvalue weighted by Gasteiger charge is -2.13. The van der Waals surface area contributed by atoms with Crippen LogP contribution in [-0.2, 0) is 0 Å². The molecule has 0 amide bonds. The van der Waals surface area contributed by atoms with Gasteiger partial charge in [-0.15, -0.1) is 0 Å². The van der Waals surface area contributed by atoms with Crippen LogP contribution in [0.5, 0.6) is 0 Å². The molecule has 4 aromatic rings. The molecule has 3 N–H and O–H groups in total. The van der Waals surface area contributed by atoms with E-state index in [1.807, 2.05) is 30.3 Å². The molecule has 0 atom stereocenters. The minimum Gasteiger partial charge on any atom is -0.396 e. The molecule has 2 heterocycles. The van der Waals surface area contributed by atoms with E-state index >= 15 is 0 Å². The highest BCUT2D eigenvalue weighted by Gasteiger charge is 2.11. The molecule has 0 spiro atoms. The van der Waals surface area contributed by atoms with Crippen LogP contribution in [0.25, 0.3) is 22.2 Å². The van der Waals surface area contributed by atoms with Crippen molar-refractivity contribution >= 4 is 28.0 Å². The van der Waals surface area contributed by atoms with E-state index in [1.54, 1.807) is 36.7 Å². The standard InChI is InChI=1S/C20H15FN4/c21-15-7-3-1-5-13(15)19-11-20(14-6-2-4-8-17(14)24-19)25-18-9-10-23-12-16(18)22/h1-12H,22H2,(H,23,24,25). The fourth-order valence-corrected chi connectivity index (χ4v) is 2.75. The number of rotatable bonds is 3. The van der Waals surface area contributed by atoms with Crippen molar-refractivity contribution in [3.05, 3.63) is 78.9 Å². The number of nitrogen functional groups attached to an aromatic ring is 1. The number of anilines is 3. The predicted molar refractivity (Wildman–Crippen MR) is 99.1 cm³/mol. The van der Waals surface area contributed by atoms with Gasteiger partial charge in [0.05, 0.1) is 34.5 Å². The highest BCUT2D eigenvalue weighted by molar-refractivity contribution is 5.96. The van der Waals surface area contributed by atoms with Gasteiger partial charge in [0, 0.05) is 17.1 Å². The molecule has 0 aliphatic rings. The molecule has 0 saturated carbocycles. The molecule has 0 saturated heterocycles. The second-order valence-corrected chi connectivity index (χ2v) is 5.64. The first kappa shape index (κ1) is 15.1. The smallest absolute Gasteiger partial charge is 0.132 e. The normalized spacial score (nSPS) is 10.8. The number of fused-ring (bicyclic) bond motifs is 1. The number of para-hydroxylation sites is 1. The molecule has 0 bridgehead atoms. The fourth-order valence-electron chi connectivity index (χ4n) is 2.75. The van der Waals surface area contributed by atoms with Crippen LogP contribution in [0.3, 0.4) is 0 Å². The van der Waals surface area contributed by atoms with Crippen LogP contribution < -0.4 is 11.1 Å². The third kappa shape index (κ3) is 2.87.